The Morgan fingerprint density at radius 3 is 3.00 bits per heavy atom. The van der Waals surface area contributed by atoms with Crippen molar-refractivity contribution in [2.24, 2.45) is 5.41 Å². The smallest absolute Gasteiger partial charge is 0.311 e. The summed E-state index contributed by atoms with van der Waals surface area (Å²) >= 11 is 4.96. The largest absolute Gasteiger partial charge is 0.481 e. The molecule has 6 nitrogen and oxygen atoms in total. The third-order valence-corrected chi connectivity index (χ3v) is 5.17. The maximum atomic E-state index is 11.3. The Labute approximate surface area is 134 Å². The van der Waals surface area contributed by atoms with E-state index in [1.165, 1.54) is 0 Å². The van der Waals surface area contributed by atoms with Crippen molar-refractivity contribution < 1.29 is 9.90 Å². The van der Waals surface area contributed by atoms with Crippen molar-refractivity contribution in [1.82, 2.24) is 14.8 Å². The molecular formula is C13H15BrN4O2S. The molecule has 1 atom stereocenters. The molecule has 2 aromatic heterocycles. The van der Waals surface area contributed by atoms with Gasteiger partial charge in [0.15, 0.2) is 5.13 Å². The molecule has 0 saturated carbocycles. The van der Waals surface area contributed by atoms with Crippen LogP contribution in [0.25, 0.3) is 0 Å². The number of aromatic nitrogens is 3. The molecule has 0 radical (unpaired) electrons. The van der Waals surface area contributed by atoms with Gasteiger partial charge in [-0.2, -0.15) is 5.10 Å². The molecule has 0 spiro atoms. The van der Waals surface area contributed by atoms with Gasteiger partial charge < -0.3 is 10.0 Å². The second-order valence-corrected chi connectivity index (χ2v) is 7.51. The number of hydrogen-bond donors (Lipinski definition) is 1. The van der Waals surface area contributed by atoms with Crippen LogP contribution in [0.3, 0.4) is 0 Å². The molecule has 112 valence electrons. The maximum absolute atomic E-state index is 11.3. The van der Waals surface area contributed by atoms with E-state index in [1.54, 1.807) is 24.5 Å². The number of rotatable bonds is 4. The van der Waals surface area contributed by atoms with Gasteiger partial charge in [0.1, 0.15) is 0 Å². The summed E-state index contributed by atoms with van der Waals surface area (Å²) in [5, 5.41) is 14.4. The fraction of sp³-hybridized carbons (Fsp3) is 0.462. The van der Waals surface area contributed by atoms with Gasteiger partial charge in [0.25, 0.3) is 0 Å². The van der Waals surface area contributed by atoms with Crippen molar-refractivity contribution in [2.75, 3.05) is 18.0 Å². The predicted octanol–water partition coefficient (Wildman–Crippen LogP) is 2.45. The first-order valence-electron chi connectivity index (χ1n) is 6.57. The normalized spacial score (nSPS) is 21.9. The Hall–Kier alpha value is -1.41. The zero-order valence-electron chi connectivity index (χ0n) is 11.5. The molecule has 1 aliphatic rings. The van der Waals surface area contributed by atoms with Crippen LogP contribution in [-0.2, 0) is 11.3 Å². The van der Waals surface area contributed by atoms with E-state index in [1.807, 2.05) is 17.1 Å². The summed E-state index contributed by atoms with van der Waals surface area (Å²) in [4.78, 5) is 18.9. The Bertz CT molecular complexity index is 671. The van der Waals surface area contributed by atoms with Gasteiger partial charge in [0, 0.05) is 30.4 Å². The van der Waals surface area contributed by atoms with Crippen LogP contribution in [0.5, 0.6) is 0 Å². The monoisotopic (exact) mass is 370 g/mol. The Morgan fingerprint density at radius 2 is 2.38 bits per heavy atom. The molecule has 0 aromatic carbocycles. The molecule has 1 unspecified atom stereocenters. The van der Waals surface area contributed by atoms with Gasteiger partial charge >= 0.3 is 5.97 Å². The number of carboxylic acids is 1. The van der Waals surface area contributed by atoms with Crippen molar-refractivity contribution in [2.45, 2.75) is 19.9 Å². The first kappa shape index (κ1) is 14.5. The van der Waals surface area contributed by atoms with Gasteiger partial charge in [-0.1, -0.05) is 11.3 Å². The quantitative estimate of drug-likeness (QED) is 0.894. The van der Waals surface area contributed by atoms with E-state index >= 15 is 0 Å². The van der Waals surface area contributed by atoms with Crippen molar-refractivity contribution in [1.29, 1.82) is 0 Å². The van der Waals surface area contributed by atoms with E-state index in [0.29, 0.717) is 19.5 Å². The number of nitrogens with zero attached hydrogens (tertiary/aromatic N) is 4. The number of carboxylic acid groups (broad SMARTS) is 1. The third-order valence-electron chi connectivity index (χ3n) is 3.72. The highest BCUT2D eigenvalue weighted by molar-refractivity contribution is 9.10. The Balaban J connectivity index is 1.70. The minimum atomic E-state index is -0.733. The van der Waals surface area contributed by atoms with E-state index < -0.39 is 11.4 Å². The minimum absolute atomic E-state index is 0.516. The summed E-state index contributed by atoms with van der Waals surface area (Å²) in [5.74, 6) is -0.733. The first-order chi connectivity index (χ1) is 9.96. The van der Waals surface area contributed by atoms with Gasteiger partial charge in [-0.15, -0.1) is 0 Å². The molecule has 8 heteroatoms. The summed E-state index contributed by atoms with van der Waals surface area (Å²) < 4.78 is 2.79. The lowest BCUT2D eigenvalue weighted by Gasteiger charge is -2.19. The highest BCUT2D eigenvalue weighted by Gasteiger charge is 2.41. The number of carbonyl (C=O) groups is 1. The fourth-order valence-corrected chi connectivity index (χ4v) is 3.65. The number of aliphatic carboxylic acids is 1. The number of hydrogen-bond acceptors (Lipinski definition) is 5. The van der Waals surface area contributed by atoms with Crippen LogP contribution >= 0.6 is 27.3 Å². The lowest BCUT2D eigenvalue weighted by atomic mass is 9.90. The number of anilines is 1. The summed E-state index contributed by atoms with van der Waals surface area (Å²) in [6, 6.07) is 0. The Kier molecular flexibility index (Phi) is 3.75. The summed E-state index contributed by atoms with van der Waals surface area (Å²) in [6.45, 7) is 3.73. The molecule has 3 rings (SSSR count). The van der Waals surface area contributed by atoms with E-state index in [-0.39, 0.29) is 0 Å². The molecular weight excluding hydrogens is 356 g/mol. The highest BCUT2D eigenvalue weighted by atomic mass is 79.9. The lowest BCUT2D eigenvalue weighted by Crippen LogP contribution is -2.31. The fourth-order valence-electron chi connectivity index (χ4n) is 2.40. The predicted molar refractivity (Wildman–Crippen MR) is 83.7 cm³/mol. The topological polar surface area (TPSA) is 71.2 Å². The molecule has 21 heavy (non-hydrogen) atoms. The zero-order valence-corrected chi connectivity index (χ0v) is 13.9. The van der Waals surface area contributed by atoms with Crippen LogP contribution in [0, 0.1) is 5.41 Å². The zero-order chi connectivity index (χ0) is 15.0. The van der Waals surface area contributed by atoms with E-state index in [9.17, 15) is 9.90 Å². The lowest BCUT2D eigenvalue weighted by molar-refractivity contribution is -0.146. The van der Waals surface area contributed by atoms with Crippen molar-refractivity contribution in [3.05, 3.63) is 27.9 Å². The standard InChI is InChI=1S/C13H15BrN4O2S/c1-13(11(19)20)2-3-17(8-13)12-15-5-10(21-12)7-18-6-9(14)4-16-18/h4-6H,2-3,7-8H2,1H3,(H,19,20). The molecule has 0 aliphatic carbocycles. The summed E-state index contributed by atoms with van der Waals surface area (Å²) in [7, 11) is 0. The van der Waals surface area contributed by atoms with Crippen molar-refractivity contribution >= 4 is 38.4 Å². The molecule has 1 saturated heterocycles. The second kappa shape index (κ2) is 5.42. The SMILES string of the molecule is CC1(C(=O)O)CCN(c2ncc(Cn3cc(Br)cn3)s2)C1. The third kappa shape index (κ3) is 2.96. The molecule has 0 bridgehead atoms. The summed E-state index contributed by atoms with van der Waals surface area (Å²) in [5.41, 5.74) is -0.668. The van der Waals surface area contributed by atoms with Crippen molar-refractivity contribution in [3.63, 3.8) is 0 Å². The van der Waals surface area contributed by atoms with Crippen LogP contribution in [0.1, 0.15) is 18.2 Å². The van der Waals surface area contributed by atoms with Gasteiger partial charge in [-0.3, -0.25) is 9.48 Å². The maximum Gasteiger partial charge on any atom is 0.311 e. The molecule has 1 N–H and O–H groups in total. The average molecular weight is 371 g/mol. The number of halogens is 1. The molecule has 0 amide bonds. The molecule has 2 aromatic rings. The molecule has 1 fully saturated rings. The Morgan fingerprint density at radius 1 is 1.57 bits per heavy atom. The minimum Gasteiger partial charge on any atom is -0.481 e. The van der Waals surface area contributed by atoms with E-state index in [4.69, 9.17) is 0 Å². The van der Waals surface area contributed by atoms with Crippen LogP contribution in [0.4, 0.5) is 5.13 Å². The van der Waals surface area contributed by atoms with Crippen LogP contribution < -0.4 is 4.90 Å². The van der Waals surface area contributed by atoms with Crippen molar-refractivity contribution in [3.8, 4) is 0 Å². The van der Waals surface area contributed by atoms with Gasteiger partial charge in [-0.25, -0.2) is 4.98 Å². The van der Waals surface area contributed by atoms with Gasteiger partial charge in [-0.05, 0) is 29.3 Å². The second-order valence-electron chi connectivity index (χ2n) is 5.50. The van der Waals surface area contributed by atoms with E-state index in [0.717, 1.165) is 21.0 Å². The van der Waals surface area contributed by atoms with Crippen LogP contribution in [0.2, 0.25) is 0 Å². The highest BCUT2D eigenvalue weighted by Crippen LogP contribution is 2.35. The number of thiazole rings is 1. The van der Waals surface area contributed by atoms with Gasteiger partial charge in [0.2, 0.25) is 0 Å². The van der Waals surface area contributed by atoms with Gasteiger partial charge in [0.05, 0.1) is 22.6 Å². The molecule has 3 heterocycles. The first-order valence-corrected chi connectivity index (χ1v) is 8.18. The van der Waals surface area contributed by atoms with Crippen LogP contribution in [0.15, 0.2) is 23.1 Å². The van der Waals surface area contributed by atoms with Crippen LogP contribution in [-0.4, -0.2) is 38.9 Å². The van der Waals surface area contributed by atoms with E-state index in [2.05, 4.69) is 30.9 Å². The summed E-state index contributed by atoms with van der Waals surface area (Å²) in [6.07, 6.45) is 6.16. The molecule has 1 aliphatic heterocycles. The average Bonchev–Trinajstić information content (AvgIpc) is 3.11.